The first-order chi connectivity index (χ1) is 7.93. The average molecular weight is 238 g/mol. The van der Waals surface area contributed by atoms with Crippen LogP contribution in [0.15, 0.2) is 18.2 Å². The molecule has 1 rings (SSSR count). The van der Waals surface area contributed by atoms with E-state index in [4.69, 9.17) is 15.9 Å². The number of hydrogen-bond acceptors (Lipinski definition) is 4. The van der Waals surface area contributed by atoms with Crippen LogP contribution >= 0.6 is 0 Å². The number of benzene rings is 1. The molecule has 0 atom stereocenters. The fraction of sp³-hybridized carbons (Fsp3) is 0.417. The highest BCUT2D eigenvalue weighted by molar-refractivity contribution is 6.00. The molecule has 0 heterocycles. The predicted octanol–water partition coefficient (Wildman–Crippen LogP) is 0.0503. The van der Waals surface area contributed by atoms with Gasteiger partial charge in [0.1, 0.15) is 0 Å². The standard InChI is InChI=1S/C12H18N2O3/c1-8-4-3-5-9(10(8)13)11(17)14-12(2,6-15)7-16/h3-5,15-16H,6-7,13H2,1-2H3,(H,14,17). The van der Waals surface area contributed by atoms with Crippen molar-refractivity contribution in [3.05, 3.63) is 29.3 Å². The molecule has 1 aromatic carbocycles. The van der Waals surface area contributed by atoms with Gasteiger partial charge in [-0.15, -0.1) is 0 Å². The van der Waals surface area contributed by atoms with E-state index in [1.165, 1.54) is 0 Å². The van der Waals surface area contributed by atoms with Crippen molar-refractivity contribution in [3.8, 4) is 0 Å². The number of carbonyl (C=O) groups excluding carboxylic acids is 1. The Morgan fingerprint density at radius 1 is 1.41 bits per heavy atom. The maximum absolute atomic E-state index is 11.9. The van der Waals surface area contributed by atoms with Crippen LogP contribution in [0.4, 0.5) is 5.69 Å². The van der Waals surface area contributed by atoms with Crippen molar-refractivity contribution in [3.63, 3.8) is 0 Å². The molecule has 0 aliphatic rings. The third-order valence-corrected chi connectivity index (χ3v) is 2.68. The lowest BCUT2D eigenvalue weighted by atomic mass is 10.0. The first kappa shape index (κ1) is 13.5. The maximum atomic E-state index is 11.9. The summed E-state index contributed by atoms with van der Waals surface area (Å²) in [6, 6.07) is 5.14. The number of hydrogen-bond donors (Lipinski definition) is 4. The van der Waals surface area contributed by atoms with Crippen LogP contribution < -0.4 is 11.1 Å². The van der Waals surface area contributed by atoms with Crippen molar-refractivity contribution >= 4 is 11.6 Å². The van der Waals surface area contributed by atoms with Gasteiger partial charge in [0.25, 0.3) is 5.91 Å². The summed E-state index contributed by atoms with van der Waals surface area (Å²) in [4.78, 5) is 11.9. The molecule has 0 aliphatic heterocycles. The molecule has 0 bridgehead atoms. The maximum Gasteiger partial charge on any atom is 0.253 e. The molecule has 0 spiro atoms. The smallest absolute Gasteiger partial charge is 0.253 e. The van der Waals surface area contributed by atoms with Crippen LogP contribution in [0.1, 0.15) is 22.8 Å². The van der Waals surface area contributed by atoms with Gasteiger partial charge in [-0.05, 0) is 25.5 Å². The van der Waals surface area contributed by atoms with Crippen LogP contribution in [-0.2, 0) is 0 Å². The molecule has 5 heteroatoms. The summed E-state index contributed by atoms with van der Waals surface area (Å²) in [5.74, 6) is -0.406. The number of rotatable bonds is 4. The average Bonchev–Trinajstić information content (AvgIpc) is 2.32. The zero-order valence-electron chi connectivity index (χ0n) is 10.0. The van der Waals surface area contributed by atoms with Gasteiger partial charge in [0.15, 0.2) is 0 Å². The quantitative estimate of drug-likeness (QED) is 0.557. The van der Waals surface area contributed by atoms with Crippen molar-refractivity contribution in [1.29, 1.82) is 0 Å². The largest absolute Gasteiger partial charge is 0.398 e. The fourth-order valence-corrected chi connectivity index (χ4v) is 1.35. The first-order valence-electron chi connectivity index (χ1n) is 5.33. The van der Waals surface area contributed by atoms with E-state index in [1.807, 2.05) is 13.0 Å². The summed E-state index contributed by atoms with van der Waals surface area (Å²) in [6.07, 6.45) is 0. The Kier molecular flexibility index (Phi) is 4.09. The second-order valence-electron chi connectivity index (χ2n) is 4.37. The lowest BCUT2D eigenvalue weighted by molar-refractivity contribution is 0.0724. The van der Waals surface area contributed by atoms with Gasteiger partial charge in [-0.2, -0.15) is 0 Å². The third-order valence-electron chi connectivity index (χ3n) is 2.68. The van der Waals surface area contributed by atoms with Gasteiger partial charge >= 0.3 is 0 Å². The number of nitrogens with one attached hydrogen (secondary N) is 1. The minimum atomic E-state index is -1.05. The van der Waals surface area contributed by atoms with Crippen LogP contribution in [0.3, 0.4) is 0 Å². The molecule has 1 amide bonds. The number of amides is 1. The molecule has 0 fully saturated rings. The Morgan fingerprint density at radius 3 is 2.53 bits per heavy atom. The summed E-state index contributed by atoms with van der Waals surface area (Å²) >= 11 is 0. The van der Waals surface area contributed by atoms with Gasteiger partial charge in [-0.1, -0.05) is 12.1 Å². The molecule has 1 aromatic rings. The summed E-state index contributed by atoms with van der Waals surface area (Å²) in [5, 5.41) is 20.8. The van der Waals surface area contributed by atoms with Crippen molar-refractivity contribution in [2.75, 3.05) is 18.9 Å². The molecule has 0 saturated heterocycles. The van der Waals surface area contributed by atoms with Crippen LogP contribution in [0.25, 0.3) is 0 Å². The number of aryl methyl sites for hydroxylation is 1. The number of nitrogen functional groups attached to an aromatic ring is 1. The summed E-state index contributed by atoms with van der Waals surface area (Å²) in [5.41, 5.74) is 6.31. The van der Waals surface area contributed by atoms with E-state index < -0.39 is 11.4 Å². The van der Waals surface area contributed by atoms with E-state index in [1.54, 1.807) is 19.1 Å². The Balaban J connectivity index is 2.94. The monoisotopic (exact) mass is 238 g/mol. The molecular weight excluding hydrogens is 220 g/mol. The predicted molar refractivity (Wildman–Crippen MR) is 65.6 cm³/mol. The minimum absolute atomic E-state index is 0.345. The normalized spacial score (nSPS) is 11.3. The van der Waals surface area contributed by atoms with Crippen molar-refractivity contribution in [2.45, 2.75) is 19.4 Å². The van der Waals surface area contributed by atoms with Crippen molar-refractivity contribution in [1.82, 2.24) is 5.32 Å². The van der Waals surface area contributed by atoms with Crippen LogP contribution in [0, 0.1) is 6.92 Å². The lowest BCUT2D eigenvalue weighted by Gasteiger charge is -2.26. The zero-order valence-corrected chi connectivity index (χ0v) is 10.0. The molecule has 0 saturated carbocycles. The Labute approximate surface area is 100 Å². The van der Waals surface area contributed by atoms with E-state index in [-0.39, 0.29) is 13.2 Å². The molecule has 17 heavy (non-hydrogen) atoms. The van der Waals surface area contributed by atoms with Crippen LogP contribution in [-0.4, -0.2) is 34.9 Å². The Morgan fingerprint density at radius 2 is 2.00 bits per heavy atom. The molecular formula is C12H18N2O3. The molecule has 5 nitrogen and oxygen atoms in total. The van der Waals surface area contributed by atoms with Gasteiger partial charge in [0.05, 0.1) is 24.3 Å². The van der Waals surface area contributed by atoms with Crippen molar-refractivity contribution in [2.24, 2.45) is 0 Å². The fourth-order valence-electron chi connectivity index (χ4n) is 1.35. The van der Waals surface area contributed by atoms with Gasteiger partial charge in [-0.25, -0.2) is 0 Å². The van der Waals surface area contributed by atoms with Gasteiger partial charge in [0.2, 0.25) is 0 Å². The Hall–Kier alpha value is -1.59. The molecule has 94 valence electrons. The highest BCUT2D eigenvalue weighted by atomic mass is 16.3. The first-order valence-corrected chi connectivity index (χ1v) is 5.33. The van der Waals surface area contributed by atoms with Crippen LogP contribution in [0.5, 0.6) is 0 Å². The highest BCUT2D eigenvalue weighted by Gasteiger charge is 2.25. The summed E-state index contributed by atoms with van der Waals surface area (Å²) in [6.45, 7) is 2.67. The van der Waals surface area contributed by atoms with Gasteiger partial charge < -0.3 is 21.3 Å². The molecule has 0 aromatic heterocycles. The second kappa shape index (κ2) is 5.16. The number of aliphatic hydroxyl groups is 2. The minimum Gasteiger partial charge on any atom is -0.398 e. The van der Waals surface area contributed by atoms with E-state index >= 15 is 0 Å². The zero-order chi connectivity index (χ0) is 13.1. The van der Waals surface area contributed by atoms with E-state index in [0.29, 0.717) is 11.3 Å². The van der Waals surface area contributed by atoms with Crippen LogP contribution in [0.2, 0.25) is 0 Å². The third kappa shape index (κ3) is 2.95. The number of anilines is 1. The second-order valence-corrected chi connectivity index (χ2v) is 4.37. The molecule has 0 radical (unpaired) electrons. The highest BCUT2D eigenvalue weighted by Crippen LogP contribution is 2.17. The van der Waals surface area contributed by atoms with E-state index in [2.05, 4.69) is 5.32 Å². The number of nitrogens with two attached hydrogens (primary N) is 1. The number of para-hydroxylation sites is 1. The summed E-state index contributed by atoms with van der Waals surface area (Å²) in [7, 11) is 0. The van der Waals surface area contributed by atoms with Gasteiger partial charge in [-0.3, -0.25) is 4.79 Å². The topological polar surface area (TPSA) is 95.6 Å². The van der Waals surface area contributed by atoms with E-state index in [9.17, 15) is 4.79 Å². The van der Waals surface area contributed by atoms with Crippen molar-refractivity contribution < 1.29 is 15.0 Å². The molecule has 0 unspecified atom stereocenters. The number of carbonyl (C=O) groups is 1. The summed E-state index contributed by atoms with van der Waals surface area (Å²) < 4.78 is 0. The van der Waals surface area contributed by atoms with Gasteiger partial charge in [0, 0.05) is 5.69 Å². The molecule has 5 N–H and O–H groups in total. The van der Waals surface area contributed by atoms with E-state index in [0.717, 1.165) is 5.56 Å². The SMILES string of the molecule is Cc1cccc(C(=O)NC(C)(CO)CO)c1N. The Bertz CT molecular complexity index is 414. The lowest BCUT2D eigenvalue weighted by Crippen LogP contribution is -2.51. The molecule has 0 aliphatic carbocycles. The number of aliphatic hydroxyl groups excluding tert-OH is 2.